The number of aromatic hydroxyl groups is 1. The Morgan fingerprint density at radius 2 is 1.66 bits per heavy atom. The summed E-state index contributed by atoms with van der Waals surface area (Å²) in [5.41, 5.74) is 9.21. The number of hydrogen-bond acceptors (Lipinski definition) is 6. The topological polar surface area (TPSA) is 117 Å². The largest absolute Gasteiger partial charge is 0.508 e. The standard InChI is InChI=1S/C21H12F3N5O3/c22-21(23,24)14-4-8-16(9-5-14)31-18-10-3-13(11-17(18)27-29-25)19-26-20(32-28-19)12-1-6-15(30)7-2-12/h1-11,30H. The predicted octanol–water partition coefficient (Wildman–Crippen LogP) is 6.86. The maximum absolute atomic E-state index is 12.7. The molecule has 1 aromatic heterocycles. The second-order valence-corrected chi connectivity index (χ2v) is 6.47. The van der Waals surface area contributed by atoms with Crippen LogP contribution in [0.25, 0.3) is 33.3 Å². The van der Waals surface area contributed by atoms with Crippen molar-refractivity contribution < 1.29 is 27.5 Å². The van der Waals surface area contributed by atoms with E-state index in [0.29, 0.717) is 11.1 Å². The van der Waals surface area contributed by atoms with Crippen molar-refractivity contribution in [3.63, 3.8) is 0 Å². The molecule has 0 aliphatic heterocycles. The Bertz CT molecular complexity index is 1300. The number of phenolic OH excluding ortho intramolecular Hbond substituents is 1. The summed E-state index contributed by atoms with van der Waals surface area (Å²) in [6.07, 6.45) is -4.46. The van der Waals surface area contributed by atoms with E-state index >= 15 is 0 Å². The number of benzene rings is 3. The van der Waals surface area contributed by atoms with Gasteiger partial charge in [-0.1, -0.05) is 10.3 Å². The van der Waals surface area contributed by atoms with E-state index in [1.54, 1.807) is 18.2 Å². The number of nitrogens with zero attached hydrogens (tertiary/aromatic N) is 5. The maximum atomic E-state index is 12.7. The lowest BCUT2D eigenvalue weighted by Crippen LogP contribution is -2.03. The van der Waals surface area contributed by atoms with E-state index in [1.165, 1.54) is 36.4 Å². The van der Waals surface area contributed by atoms with E-state index < -0.39 is 11.7 Å². The van der Waals surface area contributed by atoms with Crippen LogP contribution in [-0.2, 0) is 6.18 Å². The van der Waals surface area contributed by atoms with E-state index in [4.69, 9.17) is 14.8 Å². The highest BCUT2D eigenvalue weighted by molar-refractivity contribution is 5.67. The van der Waals surface area contributed by atoms with Crippen LogP contribution in [0.4, 0.5) is 18.9 Å². The first-order chi connectivity index (χ1) is 15.3. The number of aromatic nitrogens is 2. The molecule has 0 radical (unpaired) electrons. The van der Waals surface area contributed by atoms with Crippen molar-refractivity contribution >= 4 is 5.69 Å². The smallest absolute Gasteiger partial charge is 0.416 e. The summed E-state index contributed by atoms with van der Waals surface area (Å²) in [6, 6.07) is 14.8. The third kappa shape index (κ3) is 4.47. The van der Waals surface area contributed by atoms with Gasteiger partial charge in [-0.25, -0.2) is 0 Å². The zero-order chi connectivity index (χ0) is 22.7. The molecule has 0 aliphatic rings. The number of alkyl halides is 3. The summed E-state index contributed by atoms with van der Waals surface area (Å²) in [5.74, 6) is 0.790. The molecule has 0 unspecified atom stereocenters. The van der Waals surface area contributed by atoms with E-state index in [1.807, 2.05) is 0 Å². The molecule has 3 aromatic carbocycles. The van der Waals surface area contributed by atoms with Gasteiger partial charge in [-0.05, 0) is 72.3 Å². The minimum absolute atomic E-state index is 0.0841. The average molecular weight is 439 g/mol. The molecular weight excluding hydrogens is 427 g/mol. The van der Waals surface area contributed by atoms with Crippen molar-refractivity contribution in [2.45, 2.75) is 6.18 Å². The molecule has 160 valence electrons. The Morgan fingerprint density at radius 3 is 2.31 bits per heavy atom. The lowest BCUT2D eigenvalue weighted by molar-refractivity contribution is -0.137. The van der Waals surface area contributed by atoms with Crippen molar-refractivity contribution in [1.29, 1.82) is 0 Å². The monoisotopic (exact) mass is 439 g/mol. The van der Waals surface area contributed by atoms with Crippen LogP contribution in [-0.4, -0.2) is 15.2 Å². The summed E-state index contributed by atoms with van der Waals surface area (Å²) in [5, 5.41) is 16.9. The fourth-order valence-corrected chi connectivity index (χ4v) is 2.77. The highest BCUT2D eigenvalue weighted by Crippen LogP contribution is 2.37. The first-order valence-corrected chi connectivity index (χ1v) is 9.01. The fraction of sp³-hybridized carbons (Fsp3) is 0.0476. The van der Waals surface area contributed by atoms with Gasteiger partial charge in [-0.2, -0.15) is 18.2 Å². The van der Waals surface area contributed by atoms with Crippen LogP contribution in [0.3, 0.4) is 0 Å². The molecule has 1 heterocycles. The minimum Gasteiger partial charge on any atom is -0.508 e. The molecule has 4 aromatic rings. The van der Waals surface area contributed by atoms with Gasteiger partial charge in [0, 0.05) is 16.0 Å². The van der Waals surface area contributed by atoms with Gasteiger partial charge < -0.3 is 14.4 Å². The normalized spacial score (nSPS) is 11.1. The molecule has 1 N–H and O–H groups in total. The number of phenols is 1. The highest BCUT2D eigenvalue weighted by Gasteiger charge is 2.30. The van der Waals surface area contributed by atoms with Crippen LogP contribution >= 0.6 is 0 Å². The first kappa shape index (κ1) is 20.8. The van der Waals surface area contributed by atoms with Gasteiger partial charge in [-0.3, -0.25) is 0 Å². The Morgan fingerprint density at radius 1 is 0.969 bits per heavy atom. The van der Waals surface area contributed by atoms with Gasteiger partial charge in [-0.15, -0.1) is 0 Å². The lowest BCUT2D eigenvalue weighted by atomic mass is 10.1. The van der Waals surface area contributed by atoms with Crippen LogP contribution in [0.1, 0.15) is 5.56 Å². The van der Waals surface area contributed by atoms with Gasteiger partial charge in [0.05, 0.1) is 11.3 Å². The highest BCUT2D eigenvalue weighted by atomic mass is 19.4. The van der Waals surface area contributed by atoms with E-state index in [9.17, 15) is 18.3 Å². The first-order valence-electron chi connectivity index (χ1n) is 9.01. The van der Waals surface area contributed by atoms with Crippen molar-refractivity contribution in [2.75, 3.05) is 0 Å². The molecule has 0 amide bonds. The summed E-state index contributed by atoms with van der Waals surface area (Å²) in [4.78, 5) is 7.05. The Labute approximate surface area is 178 Å². The summed E-state index contributed by atoms with van der Waals surface area (Å²) >= 11 is 0. The molecule has 0 bridgehead atoms. The van der Waals surface area contributed by atoms with Crippen molar-refractivity contribution in [3.05, 3.63) is 82.7 Å². The summed E-state index contributed by atoms with van der Waals surface area (Å²) in [6.45, 7) is 0. The molecule has 4 rings (SSSR count). The van der Waals surface area contributed by atoms with Crippen LogP contribution < -0.4 is 4.74 Å². The molecule has 0 saturated heterocycles. The number of halogens is 3. The van der Waals surface area contributed by atoms with Gasteiger partial charge >= 0.3 is 6.18 Å². The minimum atomic E-state index is -4.46. The van der Waals surface area contributed by atoms with E-state index in [0.717, 1.165) is 12.1 Å². The number of rotatable bonds is 5. The Kier molecular flexibility index (Phi) is 5.40. The van der Waals surface area contributed by atoms with Crippen LogP contribution in [0.15, 0.2) is 76.4 Å². The molecule has 0 fully saturated rings. The van der Waals surface area contributed by atoms with Gasteiger partial charge in [0.15, 0.2) is 0 Å². The molecular formula is C21H12F3N5O3. The molecule has 11 heteroatoms. The van der Waals surface area contributed by atoms with E-state index in [-0.39, 0.29) is 34.7 Å². The average Bonchev–Trinajstić information content (AvgIpc) is 3.26. The molecule has 8 nitrogen and oxygen atoms in total. The predicted molar refractivity (Wildman–Crippen MR) is 107 cm³/mol. The van der Waals surface area contributed by atoms with Gasteiger partial charge in [0.1, 0.15) is 17.2 Å². The van der Waals surface area contributed by atoms with Crippen LogP contribution in [0.5, 0.6) is 17.2 Å². The Balaban J connectivity index is 1.61. The lowest BCUT2D eigenvalue weighted by Gasteiger charge is -2.11. The molecule has 0 atom stereocenters. The van der Waals surface area contributed by atoms with Crippen molar-refractivity contribution in [2.24, 2.45) is 5.11 Å². The number of hydrogen-bond donors (Lipinski definition) is 1. The zero-order valence-corrected chi connectivity index (χ0v) is 16.0. The third-order valence-corrected chi connectivity index (χ3v) is 4.32. The SMILES string of the molecule is [N-]=[N+]=Nc1cc(-c2noc(-c3ccc(O)cc3)n2)ccc1Oc1ccc(C(F)(F)F)cc1. The summed E-state index contributed by atoms with van der Waals surface area (Å²) in [7, 11) is 0. The van der Waals surface area contributed by atoms with Crippen molar-refractivity contribution in [1.82, 2.24) is 10.1 Å². The maximum Gasteiger partial charge on any atom is 0.416 e. The second kappa shape index (κ2) is 8.32. The number of ether oxygens (including phenoxy) is 1. The third-order valence-electron chi connectivity index (χ3n) is 4.32. The second-order valence-electron chi connectivity index (χ2n) is 6.47. The molecule has 0 spiro atoms. The number of azide groups is 1. The quantitative estimate of drug-likeness (QED) is 0.207. The molecule has 0 saturated carbocycles. The van der Waals surface area contributed by atoms with Crippen LogP contribution in [0, 0.1) is 0 Å². The van der Waals surface area contributed by atoms with Crippen LogP contribution in [0.2, 0.25) is 0 Å². The van der Waals surface area contributed by atoms with Gasteiger partial charge in [0.25, 0.3) is 5.89 Å². The molecule has 32 heavy (non-hydrogen) atoms. The van der Waals surface area contributed by atoms with Gasteiger partial charge in [0.2, 0.25) is 5.82 Å². The summed E-state index contributed by atoms with van der Waals surface area (Å²) < 4.78 is 49.0. The van der Waals surface area contributed by atoms with E-state index in [2.05, 4.69) is 20.2 Å². The zero-order valence-electron chi connectivity index (χ0n) is 16.0. The fourth-order valence-electron chi connectivity index (χ4n) is 2.77. The Hall–Kier alpha value is -4.50. The molecule has 0 aliphatic carbocycles. The van der Waals surface area contributed by atoms with Crippen molar-refractivity contribution in [3.8, 4) is 40.1 Å².